The minimum absolute atomic E-state index is 0.113. The van der Waals surface area contributed by atoms with Gasteiger partial charge in [-0.1, -0.05) is 48.5 Å². The molecule has 0 unspecified atom stereocenters. The van der Waals surface area contributed by atoms with Crippen LogP contribution in [0.15, 0.2) is 54.6 Å². The quantitative estimate of drug-likeness (QED) is 0.848. The highest BCUT2D eigenvalue weighted by Gasteiger charge is 2.34. The molecule has 1 N–H and O–H groups in total. The molecule has 3 rings (SSSR count). The third-order valence-corrected chi connectivity index (χ3v) is 5.39. The summed E-state index contributed by atoms with van der Waals surface area (Å²) in [6.07, 6.45) is 0.537. The Labute approximate surface area is 156 Å². The monoisotopic (exact) mass is 372 g/mol. The Morgan fingerprint density at radius 3 is 2.62 bits per heavy atom. The standard InChI is InChI=1S/C20H21FN2O2S/c21-17-9-5-4-8-16(17)10-11-19(24)23-14-26-13-18(23)20(25)22-12-15-6-2-1-3-7-15/h1-9,18H,10-14H2,(H,22,25)/t18-/m0/s1. The maximum atomic E-state index is 13.7. The normalized spacial score (nSPS) is 16.5. The van der Waals surface area contributed by atoms with Crippen LogP contribution in [-0.4, -0.2) is 34.4 Å². The number of nitrogens with one attached hydrogen (secondary N) is 1. The topological polar surface area (TPSA) is 49.4 Å². The number of nitrogens with zero attached hydrogens (tertiary/aromatic N) is 1. The number of carbonyl (C=O) groups excluding carboxylic acids is 2. The highest BCUT2D eigenvalue weighted by molar-refractivity contribution is 7.99. The van der Waals surface area contributed by atoms with E-state index in [2.05, 4.69) is 5.32 Å². The zero-order valence-corrected chi connectivity index (χ0v) is 15.2. The van der Waals surface area contributed by atoms with Crippen LogP contribution in [0.1, 0.15) is 17.5 Å². The number of benzene rings is 2. The molecular formula is C20H21FN2O2S. The Kier molecular flexibility index (Phi) is 6.28. The minimum atomic E-state index is -0.461. The zero-order chi connectivity index (χ0) is 18.4. The first-order valence-corrected chi connectivity index (χ1v) is 9.73. The van der Waals surface area contributed by atoms with Gasteiger partial charge < -0.3 is 10.2 Å². The number of rotatable bonds is 6. The van der Waals surface area contributed by atoms with Crippen molar-refractivity contribution < 1.29 is 14.0 Å². The van der Waals surface area contributed by atoms with Gasteiger partial charge >= 0.3 is 0 Å². The van der Waals surface area contributed by atoms with Gasteiger partial charge in [0.05, 0.1) is 5.88 Å². The van der Waals surface area contributed by atoms with Crippen LogP contribution in [0.25, 0.3) is 0 Å². The molecule has 0 spiro atoms. The van der Waals surface area contributed by atoms with E-state index in [0.29, 0.717) is 30.2 Å². The van der Waals surface area contributed by atoms with Crippen molar-refractivity contribution in [2.24, 2.45) is 0 Å². The van der Waals surface area contributed by atoms with Crippen molar-refractivity contribution >= 4 is 23.6 Å². The fourth-order valence-electron chi connectivity index (χ4n) is 2.89. The molecule has 0 bridgehead atoms. The van der Waals surface area contributed by atoms with E-state index in [0.717, 1.165) is 5.56 Å². The van der Waals surface area contributed by atoms with E-state index in [4.69, 9.17) is 0 Å². The van der Waals surface area contributed by atoms with Crippen molar-refractivity contribution in [1.29, 1.82) is 0 Å². The van der Waals surface area contributed by atoms with E-state index in [1.807, 2.05) is 30.3 Å². The van der Waals surface area contributed by atoms with Gasteiger partial charge in [0, 0.05) is 18.7 Å². The Balaban J connectivity index is 1.54. The highest BCUT2D eigenvalue weighted by atomic mass is 32.2. The fourth-order valence-corrected chi connectivity index (χ4v) is 4.08. The van der Waals surface area contributed by atoms with E-state index in [-0.39, 0.29) is 24.1 Å². The zero-order valence-electron chi connectivity index (χ0n) is 14.4. The Morgan fingerprint density at radius 2 is 1.85 bits per heavy atom. The van der Waals surface area contributed by atoms with Crippen molar-refractivity contribution in [2.45, 2.75) is 25.4 Å². The largest absolute Gasteiger partial charge is 0.350 e. The van der Waals surface area contributed by atoms with Crippen molar-refractivity contribution in [2.75, 3.05) is 11.6 Å². The molecule has 6 heteroatoms. The summed E-state index contributed by atoms with van der Waals surface area (Å²) >= 11 is 1.56. The predicted molar refractivity (Wildman–Crippen MR) is 101 cm³/mol. The van der Waals surface area contributed by atoms with Crippen molar-refractivity contribution in [1.82, 2.24) is 10.2 Å². The molecule has 1 fully saturated rings. The van der Waals surface area contributed by atoms with E-state index in [1.165, 1.54) is 6.07 Å². The number of carbonyl (C=O) groups is 2. The Hall–Kier alpha value is -2.34. The van der Waals surface area contributed by atoms with Gasteiger partial charge in [-0.15, -0.1) is 11.8 Å². The molecule has 1 saturated heterocycles. The number of thioether (sulfide) groups is 1. The second-order valence-electron chi connectivity index (χ2n) is 6.17. The number of halogens is 1. The van der Waals surface area contributed by atoms with Gasteiger partial charge in [-0.2, -0.15) is 0 Å². The van der Waals surface area contributed by atoms with E-state index < -0.39 is 6.04 Å². The van der Waals surface area contributed by atoms with Gasteiger partial charge in [0.2, 0.25) is 11.8 Å². The maximum Gasteiger partial charge on any atom is 0.243 e. The van der Waals surface area contributed by atoms with E-state index in [1.54, 1.807) is 34.9 Å². The molecule has 2 aromatic carbocycles. The molecule has 2 aromatic rings. The maximum absolute atomic E-state index is 13.7. The van der Waals surface area contributed by atoms with Gasteiger partial charge in [-0.3, -0.25) is 9.59 Å². The van der Waals surface area contributed by atoms with Crippen LogP contribution in [0.5, 0.6) is 0 Å². The van der Waals surface area contributed by atoms with Crippen LogP contribution in [0, 0.1) is 5.82 Å². The number of hydrogen-bond acceptors (Lipinski definition) is 3. The van der Waals surface area contributed by atoms with Crippen LogP contribution < -0.4 is 5.32 Å². The Bertz CT molecular complexity index is 769. The number of aryl methyl sites for hydroxylation is 1. The first-order chi connectivity index (χ1) is 12.6. The van der Waals surface area contributed by atoms with Crippen LogP contribution in [0.4, 0.5) is 4.39 Å². The third kappa shape index (κ3) is 4.64. The van der Waals surface area contributed by atoms with E-state index >= 15 is 0 Å². The lowest BCUT2D eigenvalue weighted by atomic mass is 10.1. The minimum Gasteiger partial charge on any atom is -0.350 e. The number of amides is 2. The first kappa shape index (κ1) is 18.5. The lowest BCUT2D eigenvalue weighted by molar-refractivity contribution is -0.138. The molecule has 0 aliphatic carbocycles. The average Bonchev–Trinajstić information content (AvgIpc) is 3.16. The number of hydrogen-bond donors (Lipinski definition) is 1. The molecule has 4 nitrogen and oxygen atoms in total. The summed E-state index contributed by atoms with van der Waals surface area (Å²) in [5.41, 5.74) is 1.54. The second-order valence-corrected chi connectivity index (χ2v) is 7.17. The molecule has 1 atom stereocenters. The van der Waals surface area contributed by atoms with Gasteiger partial charge in [-0.05, 0) is 23.6 Å². The molecule has 136 valence electrons. The first-order valence-electron chi connectivity index (χ1n) is 8.57. The van der Waals surface area contributed by atoms with Gasteiger partial charge in [-0.25, -0.2) is 4.39 Å². The molecule has 0 aromatic heterocycles. The summed E-state index contributed by atoms with van der Waals surface area (Å²) in [7, 11) is 0. The summed E-state index contributed by atoms with van der Waals surface area (Å²) in [5.74, 6) is 0.537. The van der Waals surface area contributed by atoms with Gasteiger partial charge in [0.15, 0.2) is 0 Å². The summed E-state index contributed by atoms with van der Waals surface area (Å²) < 4.78 is 13.7. The smallest absolute Gasteiger partial charge is 0.243 e. The fraction of sp³-hybridized carbons (Fsp3) is 0.300. The lowest BCUT2D eigenvalue weighted by Crippen LogP contribution is -2.47. The predicted octanol–water partition coefficient (Wildman–Crippen LogP) is 2.98. The van der Waals surface area contributed by atoms with E-state index in [9.17, 15) is 14.0 Å². The van der Waals surface area contributed by atoms with Crippen LogP contribution >= 0.6 is 11.8 Å². The molecular weight excluding hydrogens is 351 g/mol. The molecule has 0 radical (unpaired) electrons. The summed E-state index contributed by atoms with van der Waals surface area (Å²) in [4.78, 5) is 26.6. The van der Waals surface area contributed by atoms with Gasteiger partial charge in [0.25, 0.3) is 0 Å². The average molecular weight is 372 g/mol. The van der Waals surface area contributed by atoms with Crippen molar-refractivity contribution in [3.63, 3.8) is 0 Å². The molecule has 1 heterocycles. The highest BCUT2D eigenvalue weighted by Crippen LogP contribution is 2.23. The molecule has 1 aliphatic heterocycles. The van der Waals surface area contributed by atoms with Crippen LogP contribution in [0.3, 0.4) is 0 Å². The third-order valence-electron chi connectivity index (χ3n) is 4.38. The van der Waals surface area contributed by atoms with Crippen LogP contribution in [-0.2, 0) is 22.6 Å². The summed E-state index contributed by atoms with van der Waals surface area (Å²) in [6, 6.07) is 15.7. The SMILES string of the molecule is O=C(NCc1ccccc1)[C@@H]1CSCN1C(=O)CCc1ccccc1F. The summed E-state index contributed by atoms with van der Waals surface area (Å²) in [5, 5.41) is 2.90. The molecule has 26 heavy (non-hydrogen) atoms. The summed E-state index contributed by atoms with van der Waals surface area (Å²) in [6.45, 7) is 0.443. The molecule has 2 amide bonds. The van der Waals surface area contributed by atoms with Crippen molar-refractivity contribution in [3.8, 4) is 0 Å². The lowest BCUT2D eigenvalue weighted by Gasteiger charge is -2.23. The molecule has 0 saturated carbocycles. The van der Waals surface area contributed by atoms with Crippen LogP contribution in [0.2, 0.25) is 0 Å². The molecule has 1 aliphatic rings. The van der Waals surface area contributed by atoms with Crippen molar-refractivity contribution in [3.05, 3.63) is 71.5 Å². The second kappa shape index (κ2) is 8.85. The Morgan fingerprint density at radius 1 is 1.12 bits per heavy atom. The van der Waals surface area contributed by atoms with Gasteiger partial charge in [0.1, 0.15) is 11.9 Å².